The van der Waals surface area contributed by atoms with Crippen LogP contribution in [-0.2, 0) is 4.74 Å². The summed E-state index contributed by atoms with van der Waals surface area (Å²) in [4.78, 5) is 16.4. The van der Waals surface area contributed by atoms with Crippen LogP contribution in [0.2, 0.25) is 5.02 Å². The summed E-state index contributed by atoms with van der Waals surface area (Å²) < 4.78 is 5.35. The van der Waals surface area contributed by atoms with Gasteiger partial charge in [-0.25, -0.2) is 4.79 Å². The number of nitrogens with zero attached hydrogens (tertiary/aromatic N) is 2. The standard InChI is InChI=1S/C18H28ClN3O2/c1-15(16-5-7-17(19)8-6-16)20-18(23)21(2)9-3-4-10-22-11-13-24-14-12-22/h5-8,15H,3-4,9-14H2,1-2H3,(H,20,23)/t15-/m0/s1. The zero-order valence-corrected chi connectivity index (χ0v) is 15.4. The van der Waals surface area contributed by atoms with Crippen molar-refractivity contribution in [3.8, 4) is 0 Å². The Hall–Kier alpha value is -1.30. The third kappa shape index (κ3) is 6.30. The molecule has 134 valence electrons. The highest BCUT2D eigenvalue weighted by atomic mass is 35.5. The molecule has 2 rings (SSSR count). The summed E-state index contributed by atoms with van der Waals surface area (Å²) in [7, 11) is 1.85. The molecule has 0 aromatic heterocycles. The van der Waals surface area contributed by atoms with Gasteiger partial charge in [-0.15, -0.1) is 0 Å². The Kier molecular flexibility index (Phi) is 7.82. The summed E-state index contributed by atoms with van der Waals surface area (Å²) in [5, 5.41) is 3.73. The van der Waals surface area contributed by atoms with Gasteiger partial charge in [0.15, 0.2) is 0 Å². The molecule has 1 heterocycles. The van der Waals surface area contributed by atoms with Gasteiger partial charge in [-0.1, -0.05) is 23.7 Å². The maximum absolute atomic E-state index is 12.3. The summed E-state index contributed by atoms with van der Waals surface area (Å²) in [5.74, 6) is 0. The Balaban J connectivity index is 1.64. The summed E-state index contributed by atoms with van der Waals surface area (Å²) >= 11 is 5.89. The van der Waals surface area contributed by atoms with E-state index in [0.29, 0.717) is 5.02 Å². The zero-order chi connectivity index (χ0) is 17.4. The van der Waals surface area contributed by atoms with E-state index in [2.05, 4.69) is 10.2 Å². The smallest absolute Gasteiger partial charge is 0.317 e. The van der Waals surface area contributed by atoms with Crippen molar-refractivity contribution in [3.63, 3.8) is 0 Å². The molecule has 1 N–H and O–H groups in total. The van der Waals surface area contributed by atoms with E-state index in [9.17, 15) is 4.79 Å². The minimum atomic E-state index is -0.0381. The van der Waals surface area contributed by atoms with Crippen molar-refractivity contribution in [1.82, 2.24) is 15.1 Å². The number of nitrogens with one attached hydrogen (secondary N) is 1. The molecule has 5 nitrogen and oxygen atoms in total. The first kappa shape index (κ1) is 19.0. The molecule has 6 heteroatoms. The SMILES string of the molecule is C[C@H](NC(=O)N(C)CCCCN1CCOCC1)c1ccc(Cl)cc1. The lowest BCUT2D eigenvalue weighted by atomic mass is 10.1. The molecular weight excluding hydrogens is 326 g/mol. The first-order valence-corrected chi connectivity index (χ1v) is 9.01. The molecule has 1 aliphatic rings. The first-order chi connectivity index (χ1) is 11.6. The monoisotopic (exact) mass is 353 g/mol. The molecule has 1 fully saturated rings. The van der Waals surface area contributed by atoms with E-state index in [1.165, 1.54) is 0 Å². The quantitative estimate of drug-likeness (QED) is 0.766. The number of carbonyl (C=O) groups excluding carboxylic acids is 1. The van der Waals surface area contributed by atoms with Crippen molar-refractivity contribution in [1.29, 1.82) is 0 Å². The Morgan fingerprint density at radius 3 is 2.62 bits per heavy atom. The molecule has 0 spiro atoms. The number of ether oxygens (including phenoxy) is 1. The molecule has 1 atom stereocenters. The third-order valence-electron chi connectivity index (χ3n) is 4.38. The predicted molar refractivity (Wildman–Crippen MR) is 97.5 cm³/mol. The topological polar surface area (TPSA) is 44.8 Å². The normalized spacial score (nSPS) is 16.6. The lowest BCUT2D eigenvalue weighted by molar-refractivity contribution is 0.0370. The fourth-order valence-corrected chi connectivity index (χ4v) is 2.87. The van der Waals surface area contributed by atoms with Crippen molar-refractivity contribution < 1.29 is 9.53 Å². The Morgan fingerprint density at radius 2 is 1.96 bits per heavy atom. The predicted octanol–water partition coefficient (Wildman–Crippen LogP) is 3.15. The first-order valence-electron chi connectivity index (χ1n) is 8.63. The summed E-state index contributed by atoms with van der Waals surface area (Å²) in [6.45, 7) is 7.55. The lowest BCUT2D eigenvalue weighted by Gasteiger charge is -2.27. The van der Waals surface area contributed by atoms with Crippen molar-refractivity contribution in [2.45, 2.75) is 25.8 Å². The van der Waals surface area contributed by atoms with Gasteiger partial charge >= 0.3 is 6.03 Å². The van der Waals surface area contributed by atoms with Gasteiger partial charge in [0.2, 0.25) is 0 Å². The molecule has 0 radical (unpaired) electrons. The Labute approximate surface area is 149 Å². The Bertz CT molecular complexity index is 503. The van der Waals surface area contributed by atoms with Crippen LogP contribution in [0.4, 0.5) is 4.79 Å². The highest BCUT2D eigenvalue weighted by molar-refractivity contribution is 6.30. The fourth-order valence-electron chi connectivity index (χ4n) is 2.74. The second kappa shape index (κ2) is 9.87. The number of unbranched alkanes of at least 4 members (excludes halogenated alkanes) is 1. The molecule has 1 saturated heterocycles. The summed E-state index contributed by atoms with van der Waals surface area (Å²) in [5.41, 5.74) is 1.05. The van der Waals surface area contributed by atoms with Crippen LogP contribution >= 0.6 is 11.6 Å². The molecular formula is C18H28ClN3O2. The van der Waals surface area contributed by atoms with Gasteiger partial charge in [-0.05, 0) is 44.0 Å². The van der Waals surface area contributed by atoms with Gasteiger partial charge in [0.25, 0.3) is 0 Å². The van der Waals surface area contributed by atoms with Crippen LogP contribution in [0.25, 0.3) is 0 Å². The number of carbonyl (C=O) groups is 1. The number of benzene rings is 1. The number of hydrogen-bond acceptors (Lipinski definition) is 3. The van der Waals surface area contributed by atoms with E-state index >= 15 is 0 Å². The van der Waals surface area contributed by atoms with E-state index < -0.39 is 0 Å². The van der Waals surface area contributed by atoms with E-state index in [0.717, 1.165) is 57.8 Å². The highest BCUT2D eigenvalue weighted by Gasteiger charge is 2.14. The average Bonchev–Trinajstić information content (AvgIpc) is 2.60. The Morgan fingerprint density at radius 1 is 1.29 bits per heavy atom. The van der Waals surface area contributed by atoms with Crippen LogP contribution in [0.3, 0.4) is 0 Å². The minimum Gasteiger partial charge on any atom is -0.379 e. The van der Waals surface area contributed by atoms with Crippen LogP contribution in [0.5, 0.6) is 0 Å². The second-order valence-corrected chi connectivity index (χ2v) is 6.74. The van der Waals surface area contributed by atoms with Crippen molar-refractivity contribution in [3.05, 3.63) is 34.9 Å². The van der Waals surface area contributed by atoms with Crippen LogP contribution in [0, 0.1) is 0 Å². The molecule has 0 bridgehead atoms. The van der Waals surface area contributed by atoms with Crippen molar-refractivity contribution in [2.24, 2.45) is 0 Å². The number of amides is 2. The van der Waals surface area contributed by atoms with Gasteiger partial charge in [0, 0.05) is 31.7 Å². The summed E-state index contributed by atoms with van der Waals surface area (Å²) in [6.07, 6.45) is 2.11. The molecule has 1 aromatic rings. The molecule has 1 aliphatic heterocycles. The van der Waals surface area contributed by atoms with E-state index in [1.54, 1.807) is 4.90 Å². The van der Waals surface area contributed by atoms with Gasteiger partial charge in [-0.2, -0.15) is 0 Å². The van der Waals surface area contributed by atoms with Crippen molar-refractivity contribution >= 4 is 17.6 Å². The van der Waals surface area contributed by atoms with Gasteiger partial charge in [0.1, 0.15) is 0 Å². The van der Waals surface area contributed by atoms with Crippen LogP contribution in [0.15, 0.2) is 24.3 Å². The number of hydrogen-bond donors (Lipinski definition) is 1. The van der Waals surface area contributed by atoms with Gasteiger partial charge in [0.05, 0.1) is 19.3 Å². The van der Waals surface area contributed by atoms with E-state index in [4.69, 9.17) is 16.3 Å². The van der Waals surface area contributed by atoms with Gasteiger partial charge in [-0.3, -0.25) is 4.90 Å². The minimum absolute atomic E-state index is 0.0365. The van der Waals surface area contributed by atoms with Crippen molar-refractivity contribution in [2.75, 3.05) is 46.4 Å². The molecule has 0 unspecified atom stereocenters. The maximum Gasteiger partial charge on any atom is 0.317 e. The number of morpholine rings is 1. The number of urea groups is 1. The van der Waals surface area contributed by atoms with Crippen LogP contribution < -0.4 is 5.32 Å². The fraction of sp³-hybridized carbons (Fsp3) is 0.611. The molecule has 2 amide bonds. The second-order valence-electron chi connectivity index (χ2n) is 6.31. The maximum atomic E-state index is 12.3. The van der Waals surface area contributed by atoms with E-state index in [-0.39, 0.29) is 12.1 Å². The molecule has 0 aliphatic carbocycles. The van der Waals surface area contributed by atoms with E-state index in [1.807, 2.05) is 38.2 Å². The lowest BCUT2D eigenvalue weighted by Crippen LogP contribution is -2.39. The molecule has 1 aromatic carbocycles. The van der Waals surface area contributed by atoms with Crippen LogP contribution in [0.1, 0.15) is 31.4 Å². The molecule has 24 heavy (non-hydrogen) atoms. The van der Waals surface area contributed by atoms with Crippen LogP contribution in [-0.4, -0.2) is 62.3 Å². The summed E-state index contributed by atoms with van der Waals surface area (Å²) in [6, 6.07) is 7.49. The molecule has 0 saturated carbocycles. The largest absolute Gasteiger partial charge is 0.379 e. The zero-order valence-electron chi connectivity index (χ0n) is 14.6. The average molecular weight is 354 g/mol. The number of rotatable bonds is 7. The van der Waals surface area contributed by atoms with Gasteiger partial charge < -0.3 is 15.0 Å². The third-order valence-corrected chi connectivity index (χ3v) is 4.63. The number of halogens is 1. The highest BCUT2D eigenvalue weighted by Crippen LogP contribution is 2.16.